The molecule has 1 unspecified atom stereocenters. The summed E-state index contributed by atoms with van der Waals surface area (Å²) in [7, 11) is 2.90. The van der Waals surface area contributed by atoms with Crippen molar-refractivity contribution < 1.29 is 67.6 Å². The SMILES string of the molecule is CNC(=O)C[C@@H]1NC(=O)c2csc(n2)-c2ccc(-c3nc(N(C(=O)O[C@H]4CC[C@H](C(=O)O)CC4)c4ncc(C(=O)O)o4)cs3)nc2-c2csc(n2)-c2csc(n2)[C@H]([C@@H](O)c2ccccc2)NC(=O)CNC(=O)c2nc(sc2COC)C(C(C)C)NC(=O)c2nc1sc2C. The average Bonchev–Trinajstić information content (AvgIpc) is 1.71. The Bertz CT molecular complexity index is 4300. The number of ether oxygens (including phenoxy) is 2. The minimum absolute atomic E-state index is 0.0225. The van der Waals surface area contributed by atoms with E-state index in [4.69, 9.17) is 38.8 Å². The number of carbonyl (C=O) groups is 8. The predicted octanol–water partition coefficient (Wildman–Crippen LogP) is 8.92. The fraction of sp³-hybridized carbons (Fsp3) is 0.322. The molecule has 482 valence electrons. The number of nitrogens with zero attached hydrogens (tertiary/aromatic N) is 9. The molecule has 93 heavy (non-hydrogen) atoms. The standard InChI is InChI=1S/C59H56N14O14S6/c1-25(2)41-55-72-44(37(93-55)20-85-5)48(78)61-19-40(75)69-45(46(76)27-9-7-6-8-10-27)54-67-35(23-90-54)52-65-33(21-89-52)43-30(50-66-34(22-88-50)47(77)64-32(17-39(74)60-4)53-71-42(26(3)92-53)49(79)70-41)15-16-31(63-43)51-68-38(24-91-51)73(58-62-18-36(87-58)57(82)83)59(84)86-29-13-11-28(12-14-29)56(80)81/h6-10,15-16,18,21-25,28-29,32,41,45-46,76H,11-14,17,19-20H2,1-5H3,(H,60,74)(H,61,78)(H,64,77)(H,69,75)(H,70,79)(H,80,81)(H,82,83)/t28-,29-,32-,41?,45-,46-/m0/s1. The Hall–Kier alpha value is -9.16. The first-order valence-electron chi connectivity index (χ1n) is 28.6. The molecule has 1 fully saturated rings. The van der Waals surface area contributed by atoms with Crippen molar-refractivity contribution in [1.82, 2.24) is 66.5 Å². The van der Waals surface area contributed by atoms with Crippen molar-refractivity contribution in [3.8, 4) is 43.4 Å². The zero-order chi connectivity index (χ0) is 65.8. The van der Waals surface area contributed by atoms with Gasteiger partial charge in [0.2, 0.25) is 17.6 Å². The molecule has 34 heteroatoms. The molecular weight excluding hydrogens is 1320 g/mol. The Morgan fingerprint density at radius 3 is 2.15 bits per heavy atom. The summed E-state index contributed by atoms with van der Waals surface area (Å²) in [5, 5.41) is 53.6. The van der Waals surface area contributed by atoms with Crippen LogP contribution in [0.25, 0.3) is 43.4 Å². The number of hydrogen-bond acceptors (Lipinski definition) is 26. The van der Waals surface area contributed by atoms with Gasteiger partial charge in [-0.2, -0.15) is 4.90 Å². The van der Waals surface area contributed by atoms with Crippen LogP contribution in [0.4, 0.5) is 16.6 Å². The summed E-state index contributed by atoms with van der Waals surface area (Å²) in [6, 6.07) is 8.58. The maximum Gasteiger partial charge on any atom is 0.424 e. The number of pyridine rings is 1. The van der Waals surface area contributed by atoms with Gasteiger partial charge in [0.15, 0.2) is 5.82 Å². The topological polar surface area (TPSA) is 395 Å². The number of thiazole rings is 6. The smallest absolute Gasteiger partial charge is 0.424 e. The van der Waals surface area contributed by atoms with Gasteiger partial charge in [-0.15, -0.1) is 68.0 Å². The maximum atomic E-state index is 14.4. The molecule has 11 rings (SSSR count). The van der Waals surface area contributed by atoms with Gasteiger partial charge >= 0.3 is 24.0 Å². The minimum Gasteiger partial charge on any atom is -0.481 e. The number of rotatable bonds is 13. The van der Waals surface area contributed by atoms with E-state index in [1.807, 2.05) is 13.8 Å². The number of aliphatic hydroxyl groups excluding tert-OH is 1. The molecule has 28 nitrogen and oxygen atoms in total. The summed E-state index contributed by atoms with van der Waals surface area (Å²) in [5.74, 6) is -6.99. The quantitative estimate of drug-likeness (QED) is 0.0533. The number of anilines is 2. The number of carboxylic acids is 2. The van der Waals surface area contributed by atoms with E-state index in [9.17, 15) is 53.7 Å². The van der Waals surface area contributed by atoms with Gasteiger partial charge in [0.1, 0.15) is 82.5 Å². The first kappa shape index (κ1) is 65.3. The fourth-order valence-corrected chi connectivity index (χ4v) is 15.6. The number of benzene rings is 1. The van der Waals surface area contributed by atoms with Crippen LogP contribution >= 0.6 is 68.0 Å². The van der Waals surface area contributed by atoms with Crippen molar-refractivity contribution in [2.75, 3.05) is 25.6 Å². The van der Waals surface area contributed by atoms with Crippen LogP contribution in [0.3, 0.4) is 0 Å². The second-order valence-corrected chi connectivity index (χ2v) is 27.3. The van der Waals surface area contributed by atoms with E-state index in [2.05, 4.69) is 41.5 Å². The number of methoxy groups -OCH3 is 1. The highest BCUT2D eigenvalue weighted by molar-refractivity contribution is 7.15. The van der Waals surface area contributed by atoms with Crippen LogP contribution in [0.2, 0.25) is 0 Å². The monoisotopic (exact) mass is 1380 g/mol. The Morgan fingerprint density at radius 2 is 1.43 bits per heavy atom. The molecule has 10 bridgehead atoms. The number of aliphatic carboxylic acids is 1. The molecule has 1 aromatic carbocycles. The van der Waals surface area contributed by atoms with E-state index in [1.165, 1.54) is 36.3 Å². The largest absolute Gasteiger partial charge is 0.481 e. The van der Waals surface area contributed by atoms with E-state index in [0.29, 0.717) is 47.3 Å². The summed E-state index contributed by atoms with van der Waals surface area (Å²) >= 11 is 6.77. The maximum absolute atomic E-state index is 14.4. The third kappa shape index (κ3) is 14.6. The molecule has 6 amide bonds. The normalized spacial score (nSPS) is 18.3. The van der Waals surface area contributed by atoms with Gasteiger partial charge in [0, 0.05) is 46.1 Å². The molecular formula is C59H56N14O14S6. The molecule has 9 aromatic rings. The number of carboxylic acid groups (broad SMARTS) is 2. The van der Waals surface area contributed by atoms with Crippen molar-refractivity contribution in [2.24, 2.45) is 11.8 Å². The third-order valence-electron chi connectivity index (χ3n) is 14.8. The van der Waals surface area contributed by atoms with Crippen LogP contribution in [0, 0.1) is 18.8 Å². The molecule has 1 aliphatic heterocycles. The molecule has 2 aliphatic rings. The number of amides is 6. The fourth-order valence-electron chi connectivity index (χ4n) is 10.0. The number of carbonyl (C=O) groups excluding carboxylic acids is 6. The molecule has 0 radical (unpaired) electrons. The van der Waals surface area contributed by atoms with Gasteiger partial charge in [-0.25, -0.2) is 49.5 Å². The van der Waals surface area contributed by atoms with Crippen LogP contribution < -0.4 is 31.5 Å². The summed E-state index contributed by atoms with van der Waals surface area (Å²) in [5.41, 5.74) is 2.00. The number of hydrogen-bond donors (Lipinski definition) is 8. The number of fused-ring (bicyclic) bond motifs is 14. The Morgan fingerprint density at radius 1 is 0.720 bits per heavy atom. The van der Waals surface area contributed by atoms with Crippen molar-refractivity contribution in [1.29, 1.82) is 0 Å². The summed E-state index contributed by atoms with van der Waals surface area (Å²) in [4.78, 5) is 147. The number of nitrogens with one attached hydrogen (secondary N) is 5. The third-order valence-corrected chi connectivity index (χ3v) is 20.5. The second-order valence-electron chi connectivity index (χ2n) is 21.5. The van der Waals surface area contributed by atoms with Gasteiger partial charge in [-0.1, -0.05) is 44.2 Å². The van der Waals surface area contributed by atoms with Crippen molar-refractivity contribution in [3.63, 3.8) is 0 Å². The zero-order valence-corrected chi connectivity index (χ0v) is 54.6. The van der Waals surface area contributed by atoms with Crippen molar-refractivity contribution in [3.05, 3.63) is 123 Å². The highest BCUT2D eigenvalue weighted by atomic mass is 32.1. The van der Waals surface area contributed by atoms with Crippen molar-refractivity contribution >= 4 is 127 Å². The average molecular weight is 1380 g/mol. The molecule has 8 N–H and O–H groups in total. The lowest BCUT2D eigenvalue weighted by Gasteiger charge is -2.27. The minimum atomic E-state index is -1.45. The Balaban J connectivity index is 0.985. The van der Waals surface area contributed by atoms with Gasteiger partial charge in [-0.3, -0.25) is 28.8 Å². The molecule has 8 aromatic heterocycles. The van der Waals surface area contributed by atoms with E-state index < -0.39 is 102 Å². The van der Waals surface area contributed by atoms with Gasteiger partial charge in [0.25, 0.3) is 17.7 Å². The van der Waals surface area contributed by atoms with Crippen LogP contribution in [-0.4, -0.2) is 130 Å². The van der Waals surface area contributed by atoms with Gasteiger partial charge in [-0.05, 0) is 56.2 Å². The highest BCUT2D eigenvalue weighted by Gasteiger charge is 2.36. The van der Waals surface area contributed by atoms with E-state index >= 15 is 0 Å². The number of aryl methyl sites for hydroxylation is 1. The van der Waals surface area contributed by atoms with Crippen LogP contribution in [-0.2, 0) is 30.5 Å². The van der Waals surface area contributed by atoms with Gasteiger partial charge in [0.05, 0.1) is 54.3 Å². The van der Waals surface area contributed by atoms with Gasteiger partial charge < -0.3 is 55.8 Å². The number of aromatic nitrogens is 8. The molecule has 4 atom stereocenters. The first-order valence-corrected chi connectivity index (χ1v) is 33.7. The molecule has 9 heterocycles. The molecule has 1 saturated carbocycles. The molecule has 0 saturated heterocycles. The van der Waals surface area contributed by atoms with Crippen molar-refractivity contribution in [2.45, 2.75) is 89.8 Å². The molecule has 0 spiro atoms. The van der Waals surface area contributed by atoms with Crippen LogP contribution in [0.5, 0.6) is 0 Å². The number of aliphatic hydroxyl groups is 1. The van der Waals surface area contributed by atoms with E-state index in [1.54, 1.807) is 60.1 Å². The first-order chi connectivity index (χ1) is 44.7. The zero-order valence-electron chi connectivity index (χ0n) is 49.7. The Labute approximate surface area is 552 Å². The Kier molecular flexibility index (Phi) is 19.9. The van der Waals surface area contributed by atoms with E-state index in [-0.39, 0.29) is 93.9 Å². The lowest BCUT2D eigenvalue weighted by Crippen LogP contribution is -2.40. The summed E-state index contributed by atoms with van der Waals surface area (Å²) in [6.45, 7) is 4.84. The number of oxazole rings is 1. The summed E-state index contributed by atoms with van der Waals surface area (Å²) in [6.07, 6.45) is -1.30. The lowest BCUT2D eigenvalue weighted by atomic mass is 9.87. The predicted molar refractivity (Wildman–Crippen MR) is 342 cm³/mol. The lowest BCUT2D eigenvalue weighted by molar-refractivity contribution is -0.143. The van der Waals surface area contributed by atoms with E-state index in [0.717, 1.165) is 67.8 Å². The highest BCUT2D eigenvalue weighted by Crippen LogP contribution is 2.41. The molecule has 1 aliphatic carbocycles. The number of aromatic carboxylic acids is 1. The van der Waals surface area contributed by atoms with Crippen LogP contribution in [0.15, 0.2) is 74.6 Å². The second kappa shape index (κ2) is 28.4. The van der Waals surface area contributed by atoms with Crippen LogP contribution in [0.1, 0.15) is 143 Å². The summed E-state index contributed by atoms with van der Waals surface area (Å²) < 4.78 is 16.8.